The summed E-state index contributed by atoms with van der Waals surface area (Å²) in [6.45, 7) is 2.63. The first-order chi connectivity index (χ1) is 21.3. The van der Waals surface area contributed by atoms with E-state index >= 15 is 0 Å². The third kappa shape index (κ3) is 6.06. The molecule has 3 aromatic carbocycles. The lowest BCUT2D eigenvalue weighted by Gasteiger charge is -2.11. The molecule has 13 heteroatoms. The van der Waals surface area contributed by atoms with Crippen LogP contribution in [0, 0.1) is 12.7 Å². The maximum atomic E-state index is 14.3. The molecular weight excluding hydrogens is 598 g/mol. The Bertz CT molecular complexity index is 2040. The van der Waals surface area contributed by atoms with E-state index in [0.717, 1.165) is 13.0 Å². The molecule has 3 heterocycles. The second-order valence-electron chi connectivity index (χ2n) is 10.5. The van der Waals surface area contributed by atoms with Crippen LogP contribution in [0.15, 0.2) is 79.0 Å². The Morgan fingerprint density at radius 1 is 0.867 bits per heavy atom. The van der Waals surface area contributed by atoms with Crippen molar-refractivity contribution in [1.29, 1.82) is 0 Å². The minimum absolute atomic E-state index is 0.118. The first-order valence-corrected chi connectivity index (χ1v) is 13.6. The Morgan fingerprint density at radius 3 is 2.40 bits per heavy atom. The lowest BCUT2D eigenvalue weighted by molar-refractivity contribution is -0.137. The molecule has 3 aromatic heterocycles. The Kier molecular flexibility index (Phi) is 7.26. The number of aromatic nitrogens is 5. The molecule has 0 aliphatic carbocycles. The van der Waals surface area contributed by atoms with E-state index in [2.05, 4.69) is 25.3 Å². The first-order valence-electron chi connectivity index (χ1n) is 13.6. The Hall–Kier alpha value is -5.33. The third-order valence-corrected chi connectivity index (χ3v) is 7.13. The van der Waals surface area contributed by atoms with Crippen molar-refractivity contribution in [1.82, 2.24) is 24.5 Å². The van der Waals surface area contributed by atoms with Gasteiger partial charge in [-0.3, -0.25) is 4.98 Å². The topological polar surface area (TPSA) is 80.6 Å². The molecule has 0 saturated carbocycles. The van der Waals surface area contributed by atoms with Crippen LogP contribution < -0.4 is 10.1 Å². The molecule has 45 heavy (non-hydrogen) atoms. The number of H-pyrrole nitrogens is 1. The number of aryl methyl sites for hydroxylation is 2. The van der Waals surface area contributed by atoms with Crippen molar-refractivity contribution < 1.29 is 31.1 Å². The van der Waals surface area contributed by atoms with Crippen molar-refractivity contribution in [3.8, 4) is 34.3 Å². The summed E-state index contributed by atoms with van der Waals surface area (Å²) in [5.41, 5.74) is 1.77. The summed E-state index contributed by atoms with van der Waals surface area (Å²) in [5, 5.41) is 2.65. The summed E-state index contributed by atoms with van der Waals surface area (Å²) in [7, 11) is 1.64. The maximum absolute atomic E-state index is 14.3. The van der Waals surface area contributed by atoms with Gasteiger partial charge in [0.25, 0.3) is 5.92 Å². The summed E-state index contributed by atoms with van der Waals surface area (Å²) in [4.78, 5) is 16.5. The molecular formula is C32H24F6N6O. The van der Waals surface area contributed by atoms with Crippen molar-refractivity contribution in [2.75, 3.05) is 5.32 Å². The number of hydrogen-bond donors (Lipinski definition) is 2. The van der Waals surface area contributed by atoms with Crippen LogP contribution in [-0.4, -0.2) is 24.5 Å². The van der Waals surface area contributed by atoms with Gasteiger partial charge in [-0.05, 0) is 49.4 Å². The van der Waals surface area contributed by atoms with Crippen LogP contribution in [0.25, 0.3) is 33.8 Å². The van der Waals surface area contributed by atoms with Crippen molar-refractivity contribution in [3.05, 3.63) is 102 Å². The number of anilines is 2. The molecule has 7 nitrogen and oxygen atoms in total. The summed E-state index contributed by atoms with van der Waals surface area (Å²) < 4.78 is 89.2. The number of rotatable bonds is 7. The fraction of sp³-hybridized carbons (Fsp3) is 0.156. The highest BCUT2D eigenvalue weighted by molar-refractivity contribution is 5.81. The van der Waals surface area contributed by atoms with E-state index < -0.39 is 23.5 Å². The van der Waals surface area contributed by atoms with E-state index in [4.69, 9.17) is 4.74 Å². The van der Waals surface area contributed by atoms with E-state index in [0.29, 0.717) is 63.1 Å². The molecule has 0 aliphatic rings. The number of imidazole rings is 2. The standard InChI is InChI=1S/C32H24F6N6O/c1-17-28(18-5-4-6-19(13-18)31(2,34)35)43-29(40-17)26-16-22(11-12-39-26)45-21-8-10-27-25(15-21)42-30(44(27)3)41-24-14-20(32(36,37)38)7-9-23(24)33/h4-16H,1-3H3,(H,40,43)(H,41,42). The molecule has 0 fully saturated rings. The van der Waals surface area contributed by atoms with Gasteiger partial charge in [0.2, 0.25) is 5.95 Å². The molecule has 0 atom stereocenters. The molecule has 0 aliphatic heterocycles. The van der Waals surface area contributed by atoms with Crippen molar-refractivity contribution in [2.24, 2.45) is 7.05 Å². The lowest BCUT2D eigenvalue weighted by atomic mass is 10.0. The fourth-order valence-corrected chi connectivity index (χ4v) is 4.82. The molecule has 0 amide bonds. The molecule has 6 aromatic rings. The van der Waals surface area contributed by atoms with Gasteiger partial charge in [0.15, 0.2) is 5.82 Å². The van der Waals surface area contributed by atoms with Gasteiger partial charge >= 0.3 is 6.18 Å². The molecule has 6 rings (SSSR count). The van der Waals surface area contributed by atoms with Crippen LogP contribution in [0.5, 0.6) is 11.5 Å². The monoisotopic (exact) mass is 622 g/mol. The van der Waals surface area contributed by atoms with Crippen LogP contribution in [0.2, 0.25) is 0 Å². The number of nitrogens with zero attached hydrogens (tertiary/aromatic N) is 4. The second-order valence-corrected chi connectivity index (χ2v) is 10.5. The largest absolute Gasteiger partial charge is 0.457 e. The van der Waals surface area contributed by atoms with E-state index in [1.54, 1.807) is 61.0 Å². The highest BCUT2D eigenvalue weighted by Crippen LogP contribution is 2.35. The SMILES string of the molecule is Cc1[nH]c(-c2cc(Oc3ccc4c(c3)nc(Nc3cc(C(F)(F)F)ccc3F)n4C)ccn2)nc1-c1cccc(C(C)(F)F)c1. The Labute approximate surface area is 252 Å². The quantitative estimate of drug-likeness (QED) is 0.174. The van der Waals surface area contributed by atoms with Crippen LogP contribution in [-0.2, 0) is 19.1 Å². The predicted octanol–water partition coefficient (Wildman–Crippen LogP) is 9.14. The number of hydrogen-bond acceptors (Lipinski definition) is 5. The predicted molar refractivity (Wildman–Crippen MR) is 157 cm³/mol. The van der Waals surface area contributed by atoms with Crippen LogP contribution in [0.1, 0.15) is 23.7 Å². The molecule has 0 bridgehead atoms. The smallest absolute Gasteiger partial charge is 0.416 e. The minimum atomic E-state index is -4.63. The second kappa shape index (κ2) is 11.0. The fourth-order valence-electron chi connectivity index (χ4n) is 4.82. The van der Waals surface area contributed by atoms with Gasteiger partial charge in [-0.25, -0.2) is 23.1 Å². The van der Waals surface area contributed by atoms with Crippen LogP contribution >= 0.6 is 0 Å². The number of aromatic amines is 1. The van der Waals surface area contributed by atoms with Crippen LogP contribution in [0.4, 0.5) is 38.0 Å². The number of pyridine rings is 1. The number of halogens is 6. The zero-order valence-corrected chi connectivity index (χ0v) is 24.0. The maximum Gasteiger partial charge on any atom is 0.416 e. The van der Waals surface area contributed by atoms with Crippen LogP contribution in [0.3, 0.4) is 0 Å². The van der Waals surface area contributed by atoms with Crippen molar-refractivity contribution in [2.45, 2.75) is 25.9 Å². The summed E-state index contributed by atoms with van der Waals surface area (Å²) in [5.74, 6) is -2.48. The van der Waals surface area contributed by atoms with E-state index in [-0.39, 0.29) is 17.2 Å². The average Bonchev–Trinajstić information content (AvgIpc) is 3.52. The summed E-state index contributed by atoms with van der Waals surface area (Å²) in [6.07, 6.45) is -3.10. The molecule has 0 unspecified atom stereocenters. The Balaban J connectivity index is 1.24. The van der Waals surface area contributed by atoms with Gasteiger partial charge in [-0.2, -0.15) is 13.2 Å². The van der Waals surface area contributed by atoms with Gasteiger partial charge in [-0.1, -0.05) is 18.2 Å². The van der Waals surface area contributed by atoms with E-state index in [1.807, 2.05) is 0 Å². The molecule has 0 radical (unpaired) electrons. The number of fused-ring (bicyclic) bond motifs is 1. The Morgan fingerprint density at radius 2 is 1.64 bits per heavy atom. The number of ether oxygens (including phenoxy) is 1. The zero-order valence-electron chi connectivity index (χ0n) is 24.0. The highest BCUT2D eigenvalue weighted by Gasteiger charge is 2.31. The first kappa shape index (κ1) is 29.7. The number of alkyl halides is 5. The highest BCUT2D eigenvalue weighted by atomic mass is 19.4. The van der Waals surface area contributed by atoms with Gasteiger partial charge < -0.3 is 19.6 Å². The average molecular weight is 623 g/mol. The molecule has 2 N–H and O–H groups in total. The van der Waals surface area contributed by atoms with E-state index in [1.165, 1.54) is 18.3 Å². The van der Waals surface area contributed by atoms with E-state index in [9.17, 15) is 26.3 Å². The van der Waals surface area contributed by atoms with Gasteiger partial charge in [0.05, 0.1) is 28.0 Å². The molecule has 0 saturated heterocycles. The summed E-state index contributed by atoms with van der Waals surface area (Å²) in [6, 6.07) is 16.5. The molecule has 0 spiro atoms. The lowest BCUT2D eigenvalue weighted by Crippen LogP contribution is -2.07. The number of nitrogens with one attached hydrogen (secondary N) is 2. The van der Waals surface area contributed by atoms with Crippen molar-refractivity contribution >= 4 is 22.7 Å². The normalized spacial score (nSPS) is 12.1. The molecule has 230 valence electrons. The van der Waals surface area contributed by atoms with Gasteiger partial charge in [0.1, 0.15) is 23.0 Å². The van der Waals surface area contributed by atoms with Gasteiger partial charge in [0, 0.05) is 49.1 Å². The van der Waals surface area contributed by atoms with Gasteiger partial charge in [-0.15, -0.1) is 0 Å². The third-order valence-electron chi connectivity index (χ3n) is 7.13. The van der Waals surface area contributed by atoms with Crippen molar-refractivity contribution in [3.63, 3.8) is 0 Å². The summed E-state index contributed by atoms with van der Waals surface area (Å²) >= 11 is 0. The minimum Gasteiger partial charge on any atom is -0.457 e. The zero-order chi connectivity index (χ0) is 32.1. The number of benzene rings is 3.